The molecular formula is C54H31BS2. The molecule has 0 amide bonds. The molecule has 2 aromatic heterocycles. The number of hydrogen-bond acceptors (Lipinski definition) is 2. The summed E-state index contributed by atoms with van der Waals surface area (Å²) < 4.78 is 5.47. The molecule has 2 aliphatic rings. The maximum atomic E-state index is 2.48. The van der Waals surface area contributed by atoms with Crippen molar-refractivity contribution >= 4 is 86.1 Å². The molecule has 0 bridgehead atoms. The van der Waals surface area contributed by atoms with E-state index in [2.05, 4.69) is 188 Å². The van der Waals surface area contributed by atoms with E-state index >= 15 is 0 Å². The van der Waals surface area contributed by atoms with Gasteiger partial charge in [0.05, 0.1) is 0 Å². The predicted molar refractivity (Wildman–Crippen MR) is 249 cm³/mol. The summed E-state index contributed by atoms with van der Waals surface area (Å²) in [5, 5.41) is 5.58. The molecule has 57 heavy (non-hydrogen) atoms. The van der Waals surface area contributed by atoms with E-state index < -0.39 is 0 Å². The molecule has 11 aromatic rings. The fourth-order valence-corrected chi connectivity index (χ4v) is 13.0. The Morgan fingerprint density at radius 2 is 0.561 bits per heavy atom. The van der Waals surface area contributed by atoms with Crippen molar-refractivity contribution in [3.8, 4) is 66.8 Å². The normalized spacial score (nSPS) is 12.5. The monoisotopic (exact) mass is 754 g/mol. The summed E-state index contributed by atoms with van der Waals surface area (Å²) in [5.41, 5.74) is 19.8. The molecule has 0 atom stereocenters. The zero-order chi connectivity index (χ0) is 37.2. The van der Waals surface area contributed by atoms with Crippen molar-refractivity contribution in [3.63, 3.8) is 0 Å². The van der Waals surface area contributed by atoms with Crippen LogP contribution in [-0.4, -0.2) is 6.71 Å². The van der Waals surface area contributed by atoms with Gasteiger partial charge in [0.15, 0.2) is 0 Å². The Bertz CT molecular complexity index is 3210. The summed E-state index contributed by atoms with van der Waals surface area (Å²) in [5.74, 6) is 0. The number of fused-ring (bicyclic) bond motifs is 4. The summed E-state index contributed by atoms with van der Waals surface area (Å²) in [6.07, 6.45) is 0. The Morgan fingerprint density at radius 1 is 0.246 bits per heavy atom. The Labute approximate surface area is 339 Å². The van der Waals surface area contributed by atoms with Gasteiger partial charge in [0.2, 0.25) is 6.71 Å². The van der Waals surface area contributed by atoms with Crippen molar-refractivity contribution in [1.82, 2.24) is 0 Å². The van der Waals surface area contributed by atoms with E-state index in [1.807, 2.05) is 22.7 Å². The smallest absolute Gasteiger partial charge is 0.134 e. The molecule has 0 saturated carbocycles. The molecule has 13 rings (SSSR count). The lowest BCUT2D eigenvalue weighted by molar-refractivity contribution is 1.65. The fraction of sp³-hybridized carbons (Fsp3) is 0. The minimum atomic E-state index is 0.0339. The quantitative estimate of drug-likeness (QED) is 0.157. The molecule has 0 spiro atoms. The van der Waals surface area contributed by atoms with Crippen molar-refractivity contribution in [1.29, 1.82) is 0 Å². The third-order valence-electron chi connectivity index (χ3n) is 12.5. The fourth-order valence-electron chi connectivity index (χ4n) is 10.1. The topological polar surface area (TPSA) is 0 Å². The molecule has 0 nitrogen and oxygen atoms in total. The van der Waals surface area contributed by atoms with Crippen LogP contribution in [0.2, 0.25) is 0 Å². The van der Waals surface area contributed by atoms with Crippen LogP contribution in [0.25, 0.3) is 107 Å². The van der Waals surface area contributed by atoms with Crippen molar-refractivity contribution in [2.45, 2.75) is 0 Å². The first kappa shape index (κ1) is 31.7. The van der Waals surface area contributed by atoms with Crippen molar-refractivity contribution in [3.05, 3.63) is 188 Å². The van der Waals surface area contributed by atoms with Gasteiger partial charge in [0.1, 0.15) is 0 Å². The maximum Gasteiger partial charge on any atom is 0.244 e. The van der Waals surface area contributed by atoms with Crippen LogP contribution in [0.3, 0.4) is 0 Å². The minimum absolute atomic E-state index is 0.0339. The number of rotatable bonds is 4. The van der Waals surface area contributed by atoms with E-state index in [0.717, 1.165) is 0 Å². The van der Waals surface area contributed by atoms with Crippen LogP contribution >= 0.6 is 22.7 Å². The zero-order valence-electron chi connectivity index (χ0n) is 30.8. The van der Waals surface area contributed by atoms with Gasteiger partial charge in [0.25, 0.3) is 0 Å². The van der Waals surface area contributed by atoms with Gasteiger partial charge < -0.3 is 0 Å². The first-order valence-corrected chi connectivity index (χ1v) is 21.3. The van der Waals surface area contributed by atoms with Gasteiger partial charge in [0, 0.05) is 29.6 Å². The highest BCUT2D eigenvalue weighted by atomic mass is 32.1. The van der Waals surface area contributed by atoms with Crippen molar-refractivity contribution < 1.29 is 0 Å². The molecular weight excluding hydrogens is 724 g/mol. The largest absolute Gasteiger partial charge is 0.244 e. The molecule has 3 heteroatoms. The van der Waals surface area contributed by atoms with E-state index in [0.29, 0.717) is 0 Å². The molecule has 0 saturated heterocycles. The Balaban J connectivity index is 1.22. The summed E-state index contributed by atoms with van der Waals surface area (Å²) in [7, 11) is 0. The molecule has 0 fully saturated rings. The highest BCUT2D eigenvalue weighted by molar-refractivity contribution is 7.28. The maximum absolute atomic E-state index is 2.48. The molecule has 4 heterocycles. The first-order valence-electron chi connectivity index (χ1n) is 19.7. The molecule has 2 aliphatic heterocycles. The minimum Gasteiger partial charge on any atom is -0.134 e. The van der Waals surface area contributed by atoms with Gasteiger partial charge in [-0.2, -0.15) is 0 Å². The van der Waals surface area contributed by atoms with E-state index in [9.17, 15) is 0 Å². The lowest BCUT2D eigenvalue weighted by atomic mass is 9.35. The summed E-state index contributed by atoms with van der Waals surface area (Å²) in [6, 6.07) is 70.5. The van der Waals surface area contributed by atoms with Crippen LogP contribution in [0.1, 0.15) is 0 Å². The van der Waals surface area contributed by atoms with Crippen LogP contribution in [0.5, 0.6) is 0 Å². The van der Waals surface area contributed by atoms with Crippen LogP contribution in [0.4, 0.5) is 0 Å². The number of thiophene rings is 2. The Kier molecular flexibility index (Phi) is 6.66. The van der Waals surface area contributed by atoms with Crippen LogP contribution in [-0.2, 0) is 0 Å². The third kappa shape index (κ3) is 4.39. The lowest BCUT2D eigenvalue weighted by Gasteiger charge is -2.22. The summed E-state index contributed by atoms with van der Waals surface area (Å²) >= 11 is 3.95. The molecule has 0 N–H and O–H groups in total. The number of hydrogen-bond donors (Lipinski definition) is 0. The van der Waals surface area contributed by atoms with Crippen LogP contribution in [0, 0.1) is 0 Å². The summed E-state index contributed by atoms with van der Waals surface area (Å²) in [4.78, 5) is 0. The molecule has 9 aromatic carbocycles. The molecule has 0 unspecified atom stereocenters. The first-order chi connectivity index (χ1) is 28.3. The van der Waals surface area contributed by atoms with E-state index in [1.54, 1.807) is 0 Å². The zero-order valence-corrected chi connectivity index (χ0v) is 32.4. The average molecular weight is 755 g/mol. The summed E-state index contributed by atoms with van der Waals surface area (Å²) in [6.45, 7) is 0.0339. The SMILES string of the molecule is c1ccc(-c2ccc3c4c2sc2c(-c5ccccc5)ccc(c24)-c2cccc4c2B3c2ccc(-c3ccccc3)c3sc5c(-c6ccccc6)ccc-4c5c23)cc1. The third-order valence-corrected chi connectivity index (χ3v) is 15.1. The standard InChI is InChI=1S/C54H31BS2/c1-5-14-32(15-6-1)36-24-26-40-42-22-13-23-43-41-27-25-37(33-16-7-2-8-17-33)52-47(41)49-45(31-29-39(54(49)57-52)35-20-11-4-12-21-35)55(50(42)43)44-30-28-38(34-18-9-3-10-19-34)53-48(44)46(40)51(36)56-53/h1-31H. The van der Waals surface area contributed by atoms with Gasteiger partial charge in [-0.05, 0) is 77.5 Å². The highest BCUT2D eigenvalue weighted by Crippen LogP contribution is 2.52. The Morgan fingerprint density at radius 3 is 0.930 bits per heavy atom. The molecule has 0 aliphatic carbocycles. The average Bonchev–Trinajstić information content (AvgIpc) is 3.81. The van der Waals surface area contributed by atoms with Gasteiger partial charge >= 0.3 is 0 Å². The Hall–Kier alpha value is -6.52. The molecule has 262 valence electrons. The second-order valence-electron chi connectivity index (χ2n) is 15.4. The number of benzene rings is 9. The second-order valence-corrected chi connectivity index (χ2v) is 17.5. The van der Waals surface area contributed by atoms with Gasteiger partial charge in [-0.25, -0.2) is 0 Å². The van der Waals surface area contributed by atoms with Crippen molar-refractivity contribution in [2.24, 2.45) is 0 Å². The van der Waals surface area contributed by atoms with E-state index in [-0.39, 0.29) is 6.71 Å². The van der Waals surface area contributed by atoms with E-state index in [1.165, 1.54) is 123 Å². The van der Waals surface area contributed by atoms with Crippen LogP contribution in [0.15, 0.2) is 188 Å². The van der Waals surface area contributed by atoms with Gasteiger partial charge in [-0.1, -0.05) is 204 Å². The van der Waals surface area contributed by atoms with Gasteiger partial charge in [-0.15, -0.1) is 22.7 Å². The second kappa shape index (κ2) is 12.0. The molecule has 0 radical (unpaired) electrons. The van der Waals surface area contributed by atoms with E-state index in [4.69, 9.17) is 0 Å². The lowest BCUT2D eigenvalue weighted by Crippen LogP contribution is -2.53. The van der Waals surface area contributed by atoms with Crippen molar-refractivity contribution in [2.75, 3.05) is 0 Å². The highest BCUT2D eigenvalue weighted by Gasteiger charge is 2.39. The van der Waals surface area contributed by atoms with Gasteiger partial charge in [-0.3, -0.25) is 0 Å². The predicted octanol–water partition coefficient (Wildman–Crippen LogP) is 13.6. The van der Waals surface area contributed by atoms with Crippen LogP contribution < -0.4 is 16.4 Å².